The quantitative estimate of drug-likeness (QED) is 0.712. The van der Waals surface area contributed by atoms with Gasteiger partial charge in [0.1, 0.15) is 0 Å². The Morgan fingerprint density at radius 1 is 0.889 bits per heavy atom. The van der Waals surface area contributed by atoms with Crippen molar-refractivity contribution in [3.63, 3.8) is 0 Å². The van der Waals surface area contributed by atoms with E-state index in [1.54, 1.807) is 13.8 Å². The van der Waals surface area contributed by atoms with Gasteiger partial charge in [-0.05, 0) is 6.42 Å². The van der Waals surface area contributed by atoms with E-state index in [4.69, 9.17) is 13.3 Å². The van der Waals surface area contributed by atoms with Crippen LogP contribution in [-0.2, 0) is 27.7 Å². The molecular weight excluding hydrogens is 256 g/mol. The second kappa shape index (κ2) is 5.99. The molecule has 0 atom stereocenters. The highest BCUT2D eigenvalue weighted by atomic mass is 28.4. The molecule has 0 rings (SSSR count). The predicted molar refractivity (Wildman–Crippen MR) is 65.4 cm³/mol. The molecule has 0 saturated carbocycles. The number of hydrogen-bond donors (Lipinski definition) is 0. The SMILES string of the molecule is CCC(C)(C)[Si](OC(C)=O)(OC(C)=O)OC(C)=O. The van der Waals surface area contributed by atoms with Gasteiger partial charge in [0.05, 0.1) is 5.04 Å². The molecule has 0 aromatic rings. The van der Waals surface area contributed by atoms with Crippen molar-refractivity contribution in [2.45, 2.75) is 53.0 Å². The Hall–Kier alpha value is -1.37. The van der Waals surface area contributed by atoms with Gasteiger partial charge < -0.3 is 13.3 Å². The van der Waals surface area contributed by atoms with E-state index >= 15 is 0 Å². The Balaban J connectivity index is 5.58. The van der Waals surface area contributed by atoms with Gasteiger partial charge in [-0.1, -0.05) is 20.8 Å². The molecule has 18 heavy (non-hydrogen) atoms. The first kappa shape index (κ1) is 16.6. The molecule has 0 aliphatic rings. The molecule has 0 aromatic heterocycles. The van der Waals surface area contributed by atoms with Crippen molar-refractivity contribution in [2.24, 2.45) is 0 Å². The maximum atomic E-state index is 11.2. The molecule has 104 valence electrons. The lowest BCUT2D eigenvalue weighted by Crippen LogP contribution is -2.57. The smallest absolute Gasteiger partial charge is 0.455 e. The third-order valence-corrected chi connectivity index (χ3v) is 6.23. The molecule has 0 bridgehead atoms. The van der Waals surface area contributed by atoms with Crippen LogP contribution in [0.5, 0.6) is 0 Å². The van der Waals surface area contributed by atoms with Gasteiger partial charge in [-0.15, -0.1) is 0 Å². The van der Waals surface area contributed by atoms with Crippen LogP contribution in [0.2, 0.25) is 5.04 Å². The van der Waals surface area contributed by atoms with Crippen molar-refractivity contribution >= 4 is 26.7 Å². The van der Waals surface area contributed by atoms with Gasteiger partial charge >= 0.3 is 8.80 Å². The maximum absolute atomic E-state index is 11.2. The van der Waals surface area contributed by atoms with Crippen LogP contribution in [0, 0.1) is 0 Å². The summed E-state index contributed by atoms with van der Waals surface area (Å²) in [7, 11) is -3.76. The van der Waals surface area contributed by atoms with Crippen LogP contribution in [0.25, 0.3) is 0 Å². The highest BCUT2D eigenvalue weighted by molar-refractivity contribution is 6.68. The fraction of sp³-hybridized carbons (Fsp3) is 0.727. The minimum Gasteiger partial charge on any atom is -0.455 e. The average molecular weight is 276 g/mol. The molecule has 0 heterocycles. The van der Waals surface area contributed by atoms with E-state index in [1.807, 2.05) is 6.92 Å². The lowest BCUT2D eigenvalue weighted by molar-refractivity contribution is -0.149. The molecule has 0 fully saturated rings. The first-order chi connectivity index (χ1) is 8.06. The van der Waals surface area contributed by atoms with Gasteiger partial charge in [0.25, 0.3) is 17.9 Å². The Morgan fingerprint density at radius 3 is 1.33 bits per heavy atom. The third-order valence-electron chi connectivity index (χ3n) is 2.55. The summed E-state index contributed by atoms with van der Waals surface area (Å²) in [5.41, 5.74) is 0. The van der Waals surface area contributed by atoms with E-state index < -0.39 is 31.8 Å². The summed E-state index contributed by atoms with van der Waals surface area (Å²) in [4.78, 5) is 33.6. The van der Waals surface area contributed by atoms with Crippen molar-refractivity contribution in [3.8, 4) is 0 Å². The minimum absolute atomic E-state index is 0.521. The molecule has 6 nitrogen and oxygen atoms in total. The monoisotopic (exact) mass is 276 g/mol. The fourth-order valence-electron chi connectivity index (χ4n) is 1.26. The van der Waals surface area contributed by atoms with Crippen molar-refractivity contribution in [1.82, 2.24) is 0 Å². The first-order valence-electron chi connectivity index (χ1n) is 5.65. The lowest BCUT2D eigenvalue weighted by Gasteiger charge is -2.37. The van der Waals surface area contributed by atoms with Crippen LogP contribution in [0.4, 0.5) is 0 Å². The molecule has 0 amide bonds. The molecule has 0 unspecified atom stereocenters. The standard InChI is InChI=1S/C11H20O6Si/c1-7-11(5,6)18(15-8(2)12,16-9(3)13)17-10(4)14/h7H2,1-6H3. The van der Waals surface area contributed by atoms with Crippen LogP contribution in [0.1, 0.15) is 48.0 Å². The summed E-state index contributed by atoms with van der Waals surface area (Å²) in [6, 6.07) is 0. The molecule has 0 aliphatic heterocycles. The zero-order valence-corrected chi connectivity index (χ0v) is 12.7. The normalized spacial score (nSPS) is 11.7. The molecule has 0 spiro atoms. The van der Waals surface area contributed by atoms with Crippen molar-refractivity contribution in [3.05, 3.63) is 0 Å². The van der Waals surface area contributed by atoms with Crippen LogP contribution in [0.15, 0.2) is 0 Å². The Morgan fingerprint density at radius 2 is 1.17 bits per heavy atom. The summed E-state index contributed by atoms with van der Waals surface area (Å²) in [6.07, 6.45) is 0.521. The van der Waals surface area contributed by atoms with E-state index in [9.17, 15) is 14.4 Å². The molecule has 0 aliphatic carbocycles. The van der Waals surface area contributed by atoms with E-state index in [1.165, 1.54) is 20.8 Å². The summed E-state index contributed by atoms with van der Waals surface area (Å²) < 4.78 is 15.4. The zero-order chi connectivity index (χ0) is 14.6. The van der Waals surface area contributed by atoms with Gasteiger partial charge in [-0.3, -0.25) is 14.4 Å². The van der Waals surface area contributed by atoms with E-state index in [0.29, 0.717) is 6.42 Å². The topological polar surface area (TPSA) is 78.9 Å². The second-order valence-electron chi connectivity index (χ2n) is 4.57. The van der Waals surface area contributed by atoms with Gasteiger partial charge in [0.2, 0.25) is 0 Å². The van der Waals surface area contributed by atoms with Crippen LogP contribution in [0.3, 0.4) is 0 Å². The largest absolute Gasteiger partial charge is 0.711 e. The molecule has 0 saturated heterocycles. The van der Waals surface area contributed by atoms with Gasteiger partial charge in [0, 0.05) is 20.8 Å². The van der Waals surface area contributed by atoms with E-state index in [2.05, 4.69) is 0 Å². The number of carbonyl (C=O) groups excluding carboxylic acids is 3. The van der Waals surface area contributed by atoms with Crippen molar-refractivity contribution in [1.29, 1.82) is 0 Å². The number of carbonyl (C=O) groups is 3. The molecular formula is C11H20O6Si. The summed E-state index contributed by atoms with van der Waals surface area (Å²) in [6.45, 7) is 8.84. The average Bonchev–Trinajstić information content (AvgIpc) is 2.13. The highest BCUT2D eigenvalue weighted by Crippen LogP contribution is 2.42. The highest BCUT2D eigenvalue weighted by Gasteiger charge is 2.63. The Bertz CT molecular complexity index is 309. The Kier molecular flexibility index (Phi) is 5.53. The van der Waals surface area contributed by atoms with Crippen LogP contribution < -0.4 is 0 Å². The third kappa shape index (κ3) is 4.14. The number of rotatable bonds is 5. The molecule has 0 aromatic carbocycles. The van der Waals surface area contributed by atoms with Crippen molar-refractivity contribution in [2.75, 3.05) is 0 Å². The van der Waals surface area contributed by atoms with Crippen molar-refractivity contribution < 1.29 is 27.7 Å². The summed E-state index contributed by atoms with van der Waals surface area (Å²) in [5.74, 6) is -1.94. The molecule has 0 radical (unpaired) electrons. The molecule has 7 heteroatoms. The predicted octanol–water partition coefficient (Wildman–Crippen LogP) is 1.80. The van der Waals surface area contributed by atoms with Gasteiger partial charge in [-0.25, -0.2) is 0 Å². The first-order valence-corrected chi connectivity index (χ1v) is 7.37. The molecule has 0 N–H and O–H groups in total. The second-order valence-corrected chi connectivity index (χ2v) is 7.65. The van der Waals surface area contributed by atoms with E-state index in [-0.39, 0.29) is 0 Å². The van der Waals surface area contributed by atoms with Gasteiger partial charge in [0.15, 0.2) is 0 Å². The number of hydrogen-bond acceptors (Lipinski definition) is 6. The maximum Gasteiger partial charge on any atom is 0.711 e. The lowest BCUT2D eigenvalue weighted by atomic mass is 10.1. The van der Waals surface area contributed by atoms with Crippen LogP contribution in [-0.4, -0.2) is 26.7 Å². The fourth-order valence-corrected chi connectivity index (χ4v) is 3.78. The summed E-state index contributed by atoms with van der Waals surface area (Å²) in [5, 5.41) is -0.740. The van der Waals surface area contributed by atoms with Gasteiger partial charge in [-0.2, -0.15) is 0 Å². The zero-order valence-electron chi connectivity index (χ0n) is 11.7. The minimum atomic E-state index is -3.76. The van der Waals surface area contributed by atoms with Crippen LogP contribution >= 0.6 is 0 Å². The Labute approximate surface area is 108 Å². The van der Waals surface area contributed by atoms with E-state index in [0.717, 1.165) is 0 Å². The summed E-state index contributed by atoms with van der Waals surface area (Å²) >= 11 is 0.